The van der Waals surface area contributed by atoms with Crippen molar-refractivity contribution in [3.05, 3.63) is 0 Å². The summed E-state index contributed by atoms with van der Waals surface area (Å²) in [6.07, 6.45) is 2.32. The van der Waals surface area contributed by atoms with E-state index in [9.17, 15) is 4.21 Å². The first kappa shape index (κ1) is 19.4. The van der Waals surface area contributed by atoms with Crippen LogP contribution in [-0.2, 0) is 10.8 Å². The average molecular weight is 304 g/mol. The molecule has 0 aliphatic heterocycles. The quantitative estimate of drug-likeness (QED) is 0.535. The van der Waals surface area contributed by atoms with E-state index in [1.165, 1.54) is 0 Å². The first-order valence-electron chi connectivity index (χ1n) is 7.75. The second-order valence-corrected chi connectivity index (χ2v) is 8.31. The summed E-state index contributed by atoms with van der Waals surface area (Å²) in [5.41, 5.74) is 0. The highest BCUT2D eigenvalue weighted by Gasteiger charge is 2.18. The smallest absolute Gasteiger partial charge is 0.191 e. The maximum absolute atomic E-state index is 12.0. The van der Waals surface area contributed by atoms with Gasteiger partial charge in [-0.3, -0.25) is 9.20 Å². The predicted molar refractivity (Wildman–Crippen MR) is 90.8 cm³/mol. The Morgan fingerprint density at radius 3 is 2.20 bits per heavy atom. The standard InChI is InChI=1S/C15H33N3OS/c1-7-13(8-2)12-18-14(16-9-3)17-10-11-20(19)15(4,5)6/h13H,7-12H2,1-6H3,(H2,16,17,18). The molecule has 0 aliphatic rings. The zero-order chi connectivity index (χ0) is 15.6. The summed E-state index contributed by atoms with van der Waals surface area (Å²) >= 11 is 0. The molecule has 1 atom stereocenters. The summed E-state index contributed by atoms with van der Waals surface area (Å²) in [4.78, 5) is 4.61. The molecule has 0 fully saturated rings. The van der Waals surface area contributed by atoms with Crippen LogP contribution in [0.2, 0.25) is 0 Å². The van der Waals surface area contributed by atoms with Crippen LogP contribution in [-0.4, -0.2) is 40.3 Å². The minimum Gasteiger partial charge on any atom is -0.357 e. The fourth-order valence-electron chi connectivity index (χ4n) is 1.68. The van der Waals surface area contributed by atoms with Crippen molar-refractivity contribution in [3.63, 3.8) is 0 Å². The molecule has 2 N–H and O–H groups in total. The number of nitrogens with one attached hydrogen (secondary N) is 2. The Balaban J connectivity index is 4.27. The number of rotatable bonds is 8. The van der Waals surface area contributed by atoms with Crippen molar-refractivity contribution in [1.82, 2.24) is 10.6 Å². The van der Waals surface area contributed by atoms with Gasteiger partial charge < -0.3 is 10.6 Å². The Morgan fingerprint density at radius 1 is 1.15 bits per heavy atom. The van der Waals surface area contributed by atoms with Crippen molar-refractivity contribution in [2.24, 2.45) is 10.9 Å². The maximum atomic E-state index is 12.0. The van der Waals surface area contributed by atoms with Gasteiger partial charge in [-0.15, -0.1) is 0 Å². The monoisotopic (exact) mass is 303 g/mol. The molecule has 0 aliphatic carbocycles. The zero-order valence-electron chi connectivity index (χ0n) is 14.1. The molecule has 0 amide bonds. The zero-order valence-corrected chi connectivity index (χ0v) is 14.9. The Labute approximate surface area is 127 Å². The summed E-state index contributed by atoms with van der Waals surface area (Å²) in [5.74, 6) is 2.14. The van der Waals surface area contributed by atoms with Crippen LogP contribution in [0.3, 0.4) is 0 Å². The van der Waals surface area contributed by atoms with E-state index < -0.39 is 10.8 Å². The average Bonchev–Trinajstić information content (AvgIpc) is 2.38. The van der Waals surface area contributed by atoms with E-state index in [0.717, 1.165) is 31.9 Å². The first-order valence-corrected chi connectivity index (χ1v) is 9.07. The Kier molecular flexibility index (Phi) is 9.90. The minimum absolute atomic E-state index is 0.146. The second-order valence-electron chi connectivity index (χ2n) is 5.99. The van der Waals surface area contributed by atoms with Crippen LogP contribution >= 0.6 is 0 Å². The molecule has 0 aromatic heterocycles. The molecule has 5 heteroatoms. The number of aliphatic imine (C=N–C) groups is 1. The molecule has 0 aromatic rings. The van der Waals surface area contributed by atoms with Crippen LogP contribution in [0.15, 0.2) is 4.99 Å². The molecular formula is C15H33N3OS. The van der Waals surface area contributed by atoms with E-state index in [-0.39, 0.29) is 4.75 Å². The van der Waals surface area contributed by atoms with Gasteiger partial charge in [0.2, 0.25) is 0 Å². The van der Waals surface area contributed by atoms with E-state index in [2.05, 4.69) is 36.4 Å². The van der Waals surface area contributed by atoms with Crippen molar-refractivity contribution >= 4 is 16.8 Å². The summed E-state index contributed by atoms with van der Waals surface area (Å²) in [6, 6.07) is 0. The molecule has 120 valence electrons. The number of guanidine groups is 1. The van der Waals surface area contributed by atoms with Crippen LogP contribution in [0.4, 0.5) is 0 Å². The van der Waals surface area contributed by atoms with Gasteiger partial charge in [-0.05, 0) is 33.6 Å². The van der Waals surface area contributed by atoms with Crippen LogP contribution in [0, 0.1) is 5.92 Å². The Bertz CT molecular complexity index is 307. The van der Waals surface area contributed by atoms with Crippen molar-refractivity contribution in [2.45, 2.75) is 59.1 Å². The van der Waals surface area contributed by atoms with E-state index in [1.54, 1.807) is 0 Å². The molecule has 0 heterocycles. The topological polar surface area (TPSA) is 53.5 Å². The fraction of sp³-hybridized carbons (Fsp3) is 0.933. The molecule has 0 saturated heterocycles. The largest absolute Gasteiger partial charge is 0.357 e. The Morgan fingerprint density at radius 2 is 1.75 bits per heavy atom. The van der Waals surface area contributed by atoms with Gasteiger partial charge >= 0.3 is 0 Å². The molecule has 0 rings (SSSR count). The van der Waals surface area contributed by atoms with Gasteiger partial charge in [0.25, 0.3) is 0 Å². The van der Waals surface area contributed by atoms with Gasteiger partial charge in [0.1, 0.15) is 0 Å². The second kappa shape index (κ2) is 10.2. The third-order valence-electron chi connectivity index (χ3n) is 3.27. The van der Waals surface area contributed by atoms with Gasteiger partial charge in [0.05, 0.1) is 0 Å². The van der Waals surface area contributed by atoms with Gasteiger partial charge in [0.15, 0.2) is 5.96 Å². The van der Waals surface area contributed by atoms with E-state index in [0.29, 0.717) is 18.2 Å². The third kappa shape index (κ3) is 8.56. The lowest BCUT2D eigenvalue weighted by atomic mass is 10.0. The van der Waals surface area contributed by atoms with Crippen LogP contribution in [0.1, 0.15) is 54.4 Å². The third-order valence-corrected chi connectivity index (χ3v) is 5.21. The molecule has 0 bridgehead atoms. The number of nitrogens with zero attached hydrogens (tertiary/aromatic N) is 1. The summed E-state index contributed by atoms with van der Waals surface area (Å²) in [6.45, 7) is 14.9. The molecule has 20 heavy (non-hydrogen) atoms. The summed E-state index contributed by atoms with van der Waals surface area (Å²) in [7, 11) is -0.819. The van der Waals surface area contributed by atoms with E-state index in [1.807, 2.05) is 20.8 Å². The lowest BCUT2D eigenvalue weighted by Gasteiger charge is -2.18. The van der Waals surface area contributed by atoms with Crippen molar-refractivity contribution in [2.75, 3.05) is 25.4 Å². The lowest BCUT2D eigenvalue weighted by Crippen LogP contribution is -2.40. The van der Waals surface area contributed by atoms with Gasteiger partial charge in [-0.25, -0.2) is 0 Å². The molecule has 1 unspecified atom stereocenters. The van der Waals surface area contributed by atoms with Crippen molar-refractivity contribution < 1.29 is 4.21 Å². The Hall–Kier alpha value is -0.580. The number of hydrogen-bond acceptors (Lipinski definition) is 2. The van der Waals surface area contributed by atoms with Gasteiger partial charge in [-0.1, -0.05) is 26.7 Å². The molecule has 0 radical (unpaired) electrons. The van der Waals surface area contributed by atoms with Crippen molar-refractivity contribution in [1.29, 1.82) is 0 Å². The fourth-order valence-corrected chi connectivity index (χ4v) is 2.58. The first-order chi connectivity index (χ1) is 9.35. The van der Waals surface area contributed by atoms with Gasteiger partial charge in [0, 0.05) is 40.9 Å². The lowest BCUT2D eigenvalue weighted by molar-refractivity contribution is 0.504. The summed E-state index contributed by atoms with van der Waals surface area (Å²) in [5, 5.41) is 6.51. The highest BCUT2D eigenvalue weighted by molar-refractivity contribution is 7.86. The van der Waals surface area contributed by atoms with E-state index >= 15 is 0 Å². The predicted octanol–water partition coefficient (Wildman–Crippen LogP) is 2.52. The SMILES string of the molecule is CCNC(=NCC(CC)CC)NCCS(=O)C(C)(C)C. The van der Waals surface area contributed by atoms with Crippen molar-refractivity contribution in [3.8, 4) is 0 Å². The normalized spacial score (nSPS) is 14.4. The molecule has 0 spiro atoms. The minimum atomic E-state index is -0.819. The molecule has 0 saturated carbocycles. The van der Waals surface area contributed by atoms with Crippen LogP contribution in [0.5, 0.6) is 0 Å². The van der Waals surface area contributed by atoms with Crippen LogP contribution in [0.25, 0.3) is 0 Å². The molecule has 4 nitrogen and oxygen atoms in total. The number of hydrogen-bond donors (Lipinski definition) is 2. The van der Waals surface area contributed by atoms with Gasteiger partial charge in [-0.2, -0.15) is 0 Å². The van der Waals surface area contributed by atoms with Crippen LogP contribution < -0.4 is 10.6 Å². The van der Waals surface area contributed by atoms with E-state index in [4.69, 9.17) is 0 Å². The highest BCUT2D eigenvalue weighted by Crippen LogP contribution is 2.10. The molecular weight excluding hydrogens is 270 g/mol. The summed E-state index contributed by atoms with van der Waals surface area (Å²) < 4.78 is 11.8. The molecule has 0 aromatic carbocycles. The highest BCUT2D eigenvalue weighted by atomic mass is 32.2. The maximum Gasteiger partial charge on any atom is 0.191 e.